The molecule has 0 atom stereocenters. The third-order valence-corrected chi connectivity index (χ3v) is 3.82. The molecule has 2 aromatic carbocycles. The Bertz CT molecular complexity index is 668. The Morgan fingerprint density at radius 2 is 1.43 bits per heavy atom. The average molecular weight is 302 g/mol. The van der Waals surface area contributed by atoms with Gasteiger partial charge in [0.1, 0.15) is 0 Å². The molecule has 0 fully saturated rings. The summed E-state index contributed by atoms with van der Waals surface area (Å²) in [5.74, 6) is 0. The predicted molar refractivity (Wildman–Crippen MR) is 84.6 cm³/mol. The van der Waals surface area contributed by atoms with Crippen molar-refractivity contribution in [2.45, 2.75) is 13.0 Å². The molecule has 0 amide bonds. The molecule has 4 nitrogen and oxygen atoms in total. The number of rotatable bonds is 7. The van der Waals surface area contributed by atoms with E-state index in [1.165, 1.54) is 6.20 Å². The molecule has 0 aliphatic heterocycles. The Hall–Kier alpha value is -2.11. The maximum atomic E-state index is 11.7. The molecule has 110 valence electrons. The minimum atomic E-state index is -3.52. The van der Waals surface area contributed by atoms with Crippen molar-refractivity contribution >= 4 is 10.2 Å². The lowest BCUT2D eigenvalue weighted by Crippen LogP contribution is -2.32. The molecular weight excluding hydrogens is 284 g/mol. The van der Waals surface area contributed by atoms with Crippen molar-refractivity contribution in [2.24, 2.45) is 0 Å². The van der Waals surface area contributed by atoms with Crippen molar-refractivity contribution in [1.29, 1.82) is 0 Å². The first-order chi connectivity index (χ1) is 10.2. The lowest BCUT2D eigenvalue weighted by Gasteiger charge is -2.06. The van der Waals surface area contributed by atoms with E-state index in [4.69, 9.17) is 0 Å². The van der Waals surface area contributed by atoms with Crippen LogP contribution in [0.3, 0.4) is 0 Å². The van der Waals surface area contributed by atoms with Crippen LogP contribution in [0, 0.1) is 0 Å². The molecule has 0 aliphatic rings. The summed E-state index contributed by atoms with van der Waals surface area (Å²) in [7, 11) is -3.52. The minimum Gasteiger partial charge on any atom is -0.278 e. The van der Waals surface area contributed by atoms with E-state index in [0.717, 1.165) is 11.1 Å². The first-order valence-electron chi connectivity index (χ1n) is 6.65. The Morgan fingerprint density at radius 1 is 0.857 bits per heavy atom. The highest BCUT2D eigenvalue weighted by atomic mass is 32.2. The average Bonchev–Trinajstić information content (AvgIpc) is 2.52. The van der Waals surface area contributed by atoms with Gasteiger partial charge in [0, 0.05) is 12.7 Å². The van der Waals surface area contributed by atoms with E-state index in [1.807, 2.05) is 60.7 Å². The quantitative estimate of drug-likeness (QED) is 0.825. The summed E-state index contributed by atoms with van der Waals surface area (Å²) >= 11 is 0. The van der Waals surface area contributed by atoms with Gasteiger partial charge in [-0.3, -0.25) is 4.72 Å². The van der Waals surface area contributed by atoms with Gasteiger partial charge in [0.05, 0.1) is 0 Å². The summed E-state index contributed by atoms with van der Waals surface area (Å²) in [6, 6.07) is 19.2. The summed E-state index contributed by atoms with van der Waals surface area (Å²) in [6.07, 6.45) is 3.90. The van der Waals surface area contributed by atoms with Gasteiger partial charge in [0.25, 0.3) is 10.2 Å². The van der Waals surface area contributed by atoms with Gasteiger partial charge in [-0.1, -0.05) is 66.7 Å². The Morgan fingerprint density at radius 3 is 2.05 bits per heavy atom. The molecule has 0 aliphatic carbocycles. The van der Waals surface area contributed by atoms with Gasteiger partial charge in [-0.25, -0.2) is 0 Å². The van der Waals surface area contributed by atoms with Crippen LogP contribution < -0.4 is 9.44 Å². The van der Waals surface area contributed by atoms with E-state index in [1.54, 1.807) is 6.08 Å². The Kier molecular flexibility index (Phi) is 5.54. The lowest BCUT2D eigenvalue weighted by atomic mass is 10.1. The molecule has 0 spiro atoms. The highest BCUT2D eigenvalue weighted by molar-refractivity contribution is 7.87. The van der Waals surface area contributed by atoms with Crippen LogP contribution in [0.1, 0.15) is 11.1 Å². The minimum absolute atomic E-state index is 0.267. The standard InChI is InChI=1S/C16H18N2O2S/c19-21(20,18-14-16-10-5-2-6-11-16)17-13-7-12-15-8-3-1-4-9-15/h1-11,13,17-18H,12,14H2/b13-7+. The van der Waals surface area contributed by atoms with Crippen LogP contribution in [0.5, 0.6) is 0 Å². The zero-order valence-corrected chi connectivity index (χ0v) is 12.4. The number of hydrogen-bond acceptors (Lipinski definition) is 2. The summed E-state index contributed by atoms with van der Waals surface area (Å²) in [6.45, 7) is 0.267. The Balaban J connectivity index is 1.78. The van der Waals surface area contributed by atoms with Gasteiger partial charge in [0.15, 0.2) is 0 Å². The molecule has 0 aromatic heterocycles. The maximum absolute atomic E-state index is 11.7. The summed E-state index contributed by atoms with van der Waals surface area (Å²) in [5, 5.41) is 0. The highest BCUT2D eigenvalue weighted by Gasteiger charge is 2.05. The van der Waals surface area contributed by atoms with Gasteiger partial charge < -0.3 is 0 Å². The molecule has 2 rings (SSSR count). The highest BCUT2D eigenvalue weighted by Crippen LogP contribution is 2.00. The van der Waals surface area contributed by atoms with E-state index < -0.39 is 10.2 Å². The summed E-state index contributed by atoms with van der Waals surface area (Å²) in [4.78, 5) is 0. The third-order valence-electron chi connectivity index (χ3n) is 2.85. The fraction of sp³-hybridized carbons (Fsp3) is 0.125. The van der Waals surface area contributed by atoms with E-state index in [9.17, 15) is 8.42 Å². The number of hydrogen-bond donors (Lipinski definition) is 2. The van der Waals surface area contributed by atoms with Gasteiger partial charge in [0.2, 0.25) is 0 Å². The van der Waals surface area contributed by atoms with Crippen LogP contribution in [0.25, 0.3) is 0 Å². The molecule has 21 heavy (non-hydrogen) atoms. The monoisotopic (exact) mass is 302 g/mol. The molecule has 0 heterocycles. The third kappa shape index (κ3) is 5.81. The molecule has 2 N–H and O–H groups in total. The first kappa shape index (κ1) is 15.3. The largest absolute Gasteiger partial charge is 0.298 e. The second-order valence-corrected chi connectivity index (χ2v) is 6.05. The van der Waals surface area contributed by atoms with E-state index in [-0.39, 0.29) is 6.54 Å². The normalized spacial score (nSPS) is 11.6. The van der Waals surface area contributed by atoms with Gasteiger partial charge >= 0.3 is 0 Å². The van der Waals surface area contributed by atoms with Gasteiger partial charge in [-0.15, -0.1) is 0 Å². The Labute approximate surface area is 125 Å². The van der Waals surface area contributed by atoms with Gasteiger partial charge in [-0.2, -0.15) is 13.1 Å². The van der Waals surface area contributed by atoms with Gasteiger partial charge in [-0.05, 0) is 17.5 Å². The van der Waals surface area contributed by atoms with E-state index in [2.05, 4.69) is 9.44 Å². The topological polar surface area (TPSA) is 58.2 Å². The lowest BCUT2D eigenvalue weighted by molar-refractivity contribution is 0.575. The van der Waals surface area contributed by atoms with Crippen molar-refractivity contribution < 1.29 is 8.42 Å². The SMILES string of the molecule is O=S(=O)(N/C=C/Cc1ccccc1)NCc1ccccc1. The first-order valence-corrected chi connectivity index (χ1v) is 8.14. The predicted octanol–water partition coefficient (Wildman–Crippen LogP) is 2.37. The van der Waals surface area contributed by atoms with Crippen molar-refractivity contribution in [3.05, 3.63) is 84.1 Å². The zero-order valence-electron chi connectivity index (χ0n) is 11.6. The van der Waals surface area contributed by atoms with Crippen LogP contribution in [-0.2, 0) is 23.2 Å². The van der Waals surface area contributed by atoms with Crippen LogP contribution in [0.4, 0.5) is 0 Å². The molecule has 0 radical (unpaired) electrons. The summed E-state index contributed by atoms with van der Waals surface area (Å²) < 4.78 is 28.3. The van der Waals surface area contributed by atoms with Crippen molar-refractivity contribution in [2.75, 3.05) is 0 Å². The second-order valence-electron chi connectivity index (χ2n) is 4.52. The van der Waals surface area contributed by atoms with Crippen LogP contribution in [0.15, 0.2) is 72.9 Å². The fourth-order valence-electron chi connectivity index (χ4n) is 1.76. The smallest absolute Gasteiger partial charge is 0.278 e. The number of nitrogens with one attached hydrogen (secondary N) is 2. The summed E-state index contributed by atoms with van der Waals surface area (Å²) in [5.41, 5.74) is 2.04. The van der Waals surface area contributed by atoms with Crippen LogP contribution >= 0.6 is 0 Å². The number of benzene rings is 2. The maximum Gasteiger partial charge on any atom is 0.298 e. The van der Waals surface area contributed by atoms with Crippen molar-refractivity contribution in [3.63, 3.8) is 0 Å². The molecule has 0 bridgehead atoms. The van der Waals surface area contributed by atoms with E-state index >= 15 is 0 Å². The fourth-order valence-corrected chi connectivity index (χ4v) is 2.48. The second kappa shape index (κ2) is 7.61. The molecule has 5 heteroatoms. The number of allylic oxidation sites excluding steroid dienone is 1. The van der Waals surface area contributed by atoms with E-state index in [0.29, 0.717) is 6.42 Å². The molecule has 0 saturated carbocycles. The van der Waals surface area contributed by atoms with Crippen LogP contribution in [0.2, 0.25) is 0 Å². The van der Waals surface area contributed by atoms with Crippen LogP contribution in [-0.4, -0.2) is 8.42 Å². The molecule has 0 unspecified atom stereocenters. The molecular formula is C16H18N2O2S. The zero-order chi connectivity index (χ0) is 15.0. The van der Waals surface area contributed by atoms with Crippen molar-refractivity contribution in [1.82, 2.24) is 9.44 Å². The molecule has 0 saturated heterocycles. The van der Waals surface area contributed by atoms with Crippen molar-refractivity contribution in [3.8, 4) is 0 Å². The molecule has 2 aromatic rings.